The molecule has 5 nitrogen and oxygen atoms in total. The Morgan fingerprint density at radius 1 is 1.65 bits per heavy atom. The third-order valence-electron chi connectivity index (χ3n) is 2.93. The minimum absolute atomic E-state index is 0.183. The molecule has 1 saturated heterocycles. The fourth-order valence-corrected chi connectivity index (χ4v) is 2.86. The Balaban J connectivity index is 2.03. The number of imidazole rings is 1. The lowest BCUT2D eigenvalue weighted by Gasteiger charge is -2.31. The van der Waals surface area contributed by atoms with Gasteiger partial charge < -0.3 is 9.64 Å². The molecule has 1 fully saturated rings. The molecule has 0 bridgehead atoms. The lowest BCUT2D eigenvalue weighted by atomic mass is 10.3. The molecule has 1 unspecified atom stereocenters. The van der Waals surface area contributed by atoms with Gasteiger partial charge in [-0.15, -0.1) is 11.3 Å². The predicted molar refractivity (Wildman–Crippen MR) is 66.1 cm³/mol. The van der Waals surface area contributed by atoms with Gasteiger partial charge in [0.15, 0.2) is 17.1 Å². The molecule has 1 aliphatic heterocycles. The van der Waals surface area contributed by atoms with Crippen molar-refractivity contribution in [2.75, 3.05) is 24.6 Å². The van der Waals surface area contributed by atoms with Crippen molar-refractivity contribution in [1.82, 2.24) is 9.38 Å². The van der Waals surface area contributed by atoms with Crippen molar-refractivity contribution in [2.24, 2.45) is 0 Å². The average molecular weight is 251 g/mol. The molecule has 0 saturated carbocycles. The van der Waals surface area contributed by atoms with Gasteiger partial charge in [0.25, 0.3) is 0 Å². The number of rotatable bonds is 2. The van der Waals surface area contributed by atoms with Crippen molar-refractivity contribution in [1.29, 1.82) is 0 Å². The van der Waals surface area contributed by atoms with Crippen molar-refractivity contribution < 1.29 is 9.53 Å². The van der Waals surface area contributed by atoms with Crippen LogP contribution in [0.1, 0.15) is 17.4 Å². The zero-order valence-corrected chi connectivity index (χ0v) is 10.3. The van der Waals surface area contributed by atoms with E-state index in [1.807, 2.05) is 22.9 Å². The number of anilines is 1. The highest BCUT2D eigenvalue weighted by molar-refractivity contribution is 7.15. The molecule has 1 aliphatic rings. The SMILES string of the molecule is CC1CN(c2nc3sccn3c2C=O)CCO1. The van der Waals surface area contributed by atoms with E-state index in [0.29, 0.717) is 12.3 Å². The molecule has 0 N–H and O–H groups in total. The van der Waals surface area contributed by atoms with Crippen molar-refractivity contribution in [3.05, 3.63) is 17.3 Å². The number of thiazole rings is 1. The van der Waals surface area contributed by atoms with Gasteiger partial charge >= 0.3 is 0 Å². The highest BCUT2D eigenvalue weighted by atomic mass is 32.1. The van der Waals surface area contributed by atoms with E-state index in [0.717, 1.165) is 30.2 Å². The first kappa shape index (κ1) is 10.7. The average Bonchev–Trinajstić information content (AvgIpc) is 2.88. The number of morpholine rings is 1. The van der Waals surface area contributed by atoms with Crippen molar-refractivity contribution in [3.63, 3.8) is 0 Å². The molecule has 0 amide bonds. The van der Waals surface area contributed by atoms with Crippen LogP contribution >= 0.6 is 11.3 Å². The standard InChI is InChI=1S/C11H13N3O2S/c1-8-6-13(2-4-16-8)10-9(7-15)14-3-5-17-11(14)12-10/h3,5,7-8H,2,4,6H2,1H3. The van der Waals surface area contributed by atoms with Crippen molar-refractivity contribution in [2.45, 2.75) is 13.0 Å². The minimum atomic E-state index is 0.183. The van der Waals surface area contributed by atoms with Gasteiger partial charge in [0, 0.05) is 24.7 Å². The number of nitrogens with zero attached hydrogens (tertiary/aromatic N) is 3. The molecule has 0 aliphatic carbocycles. The van der Waals surface area contributed by atoms with Gasteiger partial charge in [0.1, 0.15) is 5.69 Å². The number of carbonyl (C=O) groups is 1. The summed E-state index contributed by atoms with van der Waals surface area (Å²) < 4.78 is 7.34. The van der Waals surface area contributed by atoms with Crippen LogP contribution in [0, 0.1) is 0 Å². The Bertz CT molecular complexity index is 548. The Kier molecular flexibility index (Phi) is 2.60. The first-order valence-corrected chi connectivity index (χ1v) is 6.45. The summed E-state index contributed by atoms with van der Waals surface area (Å²) in [5, 5.41) is 1.93. The second-order valence-corrected chi connectivity index (χ2v) is 4.99. The van der Waals surface area contributed by atoms with Gasteiger partial charge in [-0.25, -0.2) is 4.98 Å². The molecular weight excluding hydrogens is 238 g/mol. The number of ether oxygens (including phenoxy) is 1. The van der Waals surface area contributed by atoms with E-state index < -0.39 is 0 Å². The molecule has 2 aromatic heterocycles. The van der Waals surface area contributed by atoms with Gasteiger partial charge in [0.05, 0.1) is 12.7 Å². The van der Waals surface area contributed by atoms with E-state index in [9.17, 15) is 4.79 Å². The van der Waals surface area contributed by atoms with E-state index in [1.54, 1.807) is 0 Å². The lowest BCUT2D eigenvalue weighted by Crippen LogP contribution is -2.41. The third kappa shape index (κ3) is 1.73. The maximum Gasteiger partial charge on any atom is 0.196 e. The Labute approximate surface area is 103 Å². The van der Waals surface area contributed by atoms with E-state index in [4.69, 9.17) is 4.74 Å². The molecule has 6 heteroatoms. The highest BCUT2D eigenvalue weighted by Crippen LogP contribution is 2.24. The zero-order chi connectivity index (χ0) is 11.8. The number of carbonyl (C=O) groups excluding carboxylic acids is 1. The number of fused-ring (bicyclic) bond motifs is 1. The van der Waals surface area contributed by atoms with Crippen LogP contribution in [-0.4, -0.2) is 41.5 Å². The second kappa shape index (κ2) is 4.12. The van der Waals surface area contributed by atoms with E-state index in [1.165, 1.54) is 11.3 Å². The summed E-state index contributed by atoms with van der Waals surface area (Å²) in [7, 11) is 0. The summed E-state index contributed by atoms with van der Waals surface area (Å²) in [6.07, 6.45) is 2.94. The zero-order valence-electron chi connectivity index (χ0n) is 9.50. The monoisotopic (exact) mass is 251 g/mol. The van der Waals surface area contributed by atoms with Gasteiger partial charge in [-0.05, 0) is 6.92 Å². The van der Waals surface area contributed by atoms with Crippen LogP contribution in [0.5, 0.6) is 0 Å². The molecule has 0 aromatic carbocycles. The summed E-state index contributed by atoms with van der Waals surface area (Å²) >= 11 is 1.54. The first-order chi connectivity index (χ1) is 8.29. The van der Waals surface area contributed by atoms with Gasteiger partial charge in [-0.2, -0.15) is 0 Å². The van der Waals surface area contributed by atoms with Gasteiger partial charge in [0.2, 0.25) is 0 Å². The van der Waals surface area contributed by atoms with E-state index >= 15 is 0 Å². The third-order valence-corrected chi connectivity index (χ3v) is 3.69. The molecule has 2 aromatic rings. The van der Waals surface area contributed by atoms with Crippen LogP contribution in [0.15, 0.2) is 11.6 Å². The van der Waals surface area contributed by atoms with Crippen LogP contribution in [0.25, 0.3) is 4.96 Å². The largest absolute Gasteiger partial charge is 0.375 e. The van der Waals surface area contributed by atoms with Crippen LogP contribution in [-0.2, 0) is 4.74 Å². The van der Waals surface area contributed by atoms with Crippen LogP contribution in [0.3, 0.4) is 0 Å². The maximum absolute atomic E-state index is 11.2. The molecule has 90 valence electrons. The van der Waals surface area contributed by atoms with E-state index in [2.05, 4.69) is 9.88 Å². The molecule has 17 heavy (non-hydrogen) atoms. The smallest absolute Gasteiger partial charge is 0.196 e. The van der Waals surface area contributed by atoms with Crippen molar-refractivity contribution in [3.8, 4) is 0 Å². The minimum Gasteiger partial charge on any atom is -0.375 e. The normalized spacial score (nSPS) is 21.0. The Morgan fingerprint density at radius 3 is 3.29 bits per heavy atom. The van der Waals surface area contributed by atoms with Crippen LogP contribution < -0.4 is 4.90 Å². The van der Waals surface area contributed by atoms with E-state index in [-0.39, 0.29) is 6.10 Å². The Hall–Kier alpha value is -1.40. The number of aldehydes is 1. The Morgan fingerprint density at radius 2 is 2.53 bits per heavy atom. The molecule has 0 radical (unpaired) electrons. The van der Waals surface area contributed by atoms with Crippen LogP contribution in [0.4, 0.5) is 5.82 Å². The van der Waals surface area contributed by atoms with Gasteiger partial charge in [-0.1, -0.05) is 0 Å². The second-order valence-electron chi connectivity index (χ2n) is 4.12. The van der Waals surface area contributed by atoms with Crippen molar-refractivity contribution >= 4 is 28.4 Å². The fourth-order valence-electron chi connectivity index (χ4n) is 2.14. The molecule has 3 rings (SSSR count). The summed E-state index contributed by atoms with van der Waals surface area (Å²) in [5.74, 6) is 0.780. The maximum atomic E-state index is 11.2. The highest BCUT2D eigenvalue weighted by Gasteiger charge is 2.23. The van der Waals surface area contributed by atoms with Gasteiger partial charge in [-0.3, -0.25) is 9.20 Å². The molecule has 3 heterocycles. The number of hydrogen-bond donors (Lipinski definition) is 0. The first-order valence-electron chi connectivity index (χ1n) is 5.57. The summed E-state index contributed by atoms with van der Waals surface area (Å²) in [5.41, 5.74) is 0.635. The summed E-state index contributed by atoms with van der Waals surface area (Å²) in [6.45, 7) is 4.29. The molecule has 1 atom stereocenters. The molecular formula is C11H13N3O2S. The lowest BCUT2D eigenvalue weighted by molar-refractivity contribution is 0.0529. The fraction of sp³-hybridized carbons (Fsp3) is 0.455. The number of aromatic nitrogens is 2. The topological polar surface area (TPSA) is 46.8 Å². The summed E-state index contributed by atoms with van der Waals surface area (Å²) in [6, 6.07) is 0. The number of hydrogen-bond acceptors (Lipinski definition) is 5. The summed E-state index contributed by atoms with van der Waals surface area (Å²) in [4.78, 5) is 18.7. The molecule has 0 spiro atoms. The van der Waals surface area contributed by atoms with Crippen LogP contribution in [0.2, 0.25) is 0 Å². The predicted octanol–water partition coefficient (Wildman–Crippen LogP) is 1.43. The quantitative estimate of drug-likeness (QED) is 0.758.